The largest absolute Gasteiger partial charge is 0.374 e. The van der Waals surface area contributed by atoms with Gasteiger partial charge in [-0.05, 0) is 44.0 Å². The molecule has 2 unspecified atom stereocenters. The maximum absolute atomic E-state index is 5.83. The summed E-state index contributed by atoms with van der Waals surface area (Å²) < 4.78 is 5.83. The van der Waals surface area contributed by atoms with Crippen LogP contribution < -0.4 is 5.32 Å². The fourth-order valence-corrected chi connectivity index (χ4v) is 3.12. The molecular formula is C15H23NOS. The third kappa shape index (κ3) is 4.30. The molecule has 1 aliphatic rings. The Morgan fingerprint density at radius 2 is 2.06 bits per heavy atom. The quantitative estimate of drug-likeness (QED) is 0.796. The van der Waals surface area contributed by atoms with Gasteiger partial charge in [0.05, 0.1) is 12.2 Å². The molecular weight excluding hydrogens is 242 g/mol. The van der Waals surface area contributed by atoms with E-state index in [-0.39, 0.29) is 0 Å². The summed E-state index contributed by atoms with van der Waals surface area (Å²) in [5, 5.41) is 3.34. The lowest BCUT2D eigenvalue weighted by atomic mass is 10.2. The summed E-state index contributed by atoms with van der Waals surface area (Å²) in [5.41, 5.74) is 1.35. The van der Waals surface area contributed by atoms with Crippen LogP contribution in [-0.2, 0) is 11.3 Å². The number of thioether (sulfide) groups is 1. The zero-order valence-electron chi connectivity index (χ0n) is 11.3. The first kappa shape index (κ1) is 13.9. The van der Waals surface area contributed by atoms with Crippen LogP contribution in [0, 0.1) is 0 Å². The molecule has 0 spiro atoms. The predicted molar refractivity (Wildman–Crippen MR) is 78.1 cm³/mol. The summed E-state index contributed by atoms with van der Waals surface area (Å²) in [6, 6.07) is 8.86. The molecule has 0 bridgehead atoms. The molecule has 2 nitrogen and oxygen atoms in total. The smallest absolute Gasteiger partial charge is 0.0673 e. The van der Waals surface area contributed by atoms with Gasteiger partial charge in [-0.3, -0.25) is 0 Å². The summed E-state index contributed by atoms with van der Waals surface area (Å²) >= 11 is 1.91. The number of hydrogen-bond donors (Lipinski definition) is 1. The van der Waals surface area contributed by atoms with Crippen molar-refractivity contribution in [1.29, 1.82) is 0 Å². The van der Waals surface area contributed by atoms with Crippen LogP contribution in [0.2, 0.25) is 0 Å². The van der Waals surface area contributed by atoms with E-state index in [2.05, 4.69) is 43.4 Å². The second kappa shape index (κ2) is 7.17. The fourth-order valence-electron chi connectivity index (χ4n) is 2.17. The molecule has 2 atom stereocenters. The summed E-state index contributed by atoms with van der Waals surface area (Å²) in [4.78, 5) is 1.35. The van der Waals surface area contributed by atoms with Crippen LogP contribution in [0.15, 0.2) is 29.2 Å². The Balaban J connectivity index is 1.76. The third-order valence-electron chi connectivity index (χ3n) is 3.26. The van der Waals surface area contributed by atoms with Crippen molar-refractivity contribution in [3.63, 3.8) is 0 Å². The summed E-state index contributed by atoms with van der Waals surface area (Å²) in [5.74, 6) is 1.08. The zero-order chi connectivity index (χ0) is 12.8. The van der Waals surface area contributed by atoms with Gasteiger partial charge in [-0.2, -0.15) is 0 Å². The molecule has 1 aromatic carbocycles. The van der Waals surface area contributed by atoms with Crippen molar-refractivity contribution >= 4 is 11.8 Å². The molecule has 1 N–H and O–H groups in total. The van der Waals surface area contributed by atoms with Crippen molar-refractivity contribution < 1.29 is 4.74 Å². The Labute approximate surface area is 114 Å². The minimum absolute atomic E-state index is 0.450. The predicted octanol–water partition coefficient (Wildman–Crippen LogP) is 3.46. The minimum Gasteiger partial charge on any atom is -0.374 e. The highest BCUT2D eigenvalue weighted by molar-refractivity contribution is 7.99. The Bertz CT molecular complexity index is 352. The van der Waals surface area contributed by atoms with E-state index in [4.69, 9.17) is 4.74 Å². The van der Waals surface area contributed by atoms with Gasteiger partial charge < -0.3 is 10.1 Å². The number of benzene rings is 1. The molecule has 1 aromatic rings. The molecule has 0 aliphatic carbocycles. The average molecular weight is 265 g/mol. The number of nitrogens with one attached hydrogen (secondary N) is 1. The molecule has 1 aliphatic heterocycles. The second-order valence-corrected chi connectivity index (χ2v) is 5.97. The van der Waals surface area contributed by atoms with E-state index in [1.807, 2.05) is 11.8 Å². The van der Waals surface area contributed by atoms with E-state index in [0.29, 0.717) is 12.2 Å². The summed E-state index contributed by atoms with van der Waals surface area (Å²) in [6.45, 7) is 6.28. The lowest BCUT2D eigenvalue weighted by molar-refractivity contribution is 0.0700. The van der Waals surface area contributed by atoms with Crippen molar-refractivity contribution in [1.82, 2.24) is 5.32 Å². The van der Waals surface area contributed by atoms with Crippen LogP contribution in [0.5, 0.6) is 0 Å². The van der Waals surface area contributed by atoms with E-state index >= 15 is 0 Å². The van der Waals surface area contributed by atoms with E-state index in [0.717, 1.165) is 18.8 Å². The first-order chi connectivity index (χ1) is 8.78. The molecule has 3 heteroatoms. The third-order valence-corrected chi connectivity index (χ3v) is 4.40. The van der Waals surface area contributed by atoms with Gasteiger partial charge in [0.25, 0.3) is 0 Å². The van der Waals surface area contributed by atoms with Crippen LogP contribution in [0.1, 0.15) is 32.3 Å². The highest BCUT2D eigenvalue weighted by Crippen LogP contribution is 2.26. The molecule has 0 aromatic heterocycles. The Hall–Kier alpha value is -0.510. The summed E-state index contributed by atoms with van der Waals surface area (Å²) in [6.07, 6.45) is 3.34. The SMILES string of the molecule is CCNCc1ccc(SCC2CCC(C)O2)cc1. The number of hydrogen-bond acceptors (Lipinski definition) is 3. The Morgan fingerprint density at radius 1 is 1.28 bits per heavy atom. The maximum Gasteiger partial charge on any atom is 0.0673 e. The van der Waals surface area contributed by atoms with Crippen molar-refractivity contribution in [3.8, 4) is 0 Å². The first-order valence-electron chi connectivity index (χ1n) is 6.86. The van der Waals surface area contributed by atoms with Crippen molar-refractivity contribution in [2.45, 2.75) is 50.3 Å². The lowest BCUT2D eigenvalue weighted by Crippen LogP contribution is -2.11. The van der Waals surface area contributed by atoms with Crippen molar-refractivity contribution in [2.24, 2.45) is 0 Å². The molecule has 1 fully saturated rings. The van der Waals surface area contributed by atoms with E-state index < -0.39 is 0 Å². The van der Waals surface area contributed by atoms with E-state index in [1.165, 1.54) is 23.3 Å². The van der Waals surface area contributed by atoms with Gasteiger partial charge in [-0.25, -0.2) is 0 Å². The average Bonchev–Trinajstić information content (AvgIpc) is 2.81. The molecule has 100 valence electrons. The topological polar surface area (TPSA) is 21.3 Å². The Kier molecular flexibility index (Phi) is 5.54. The molecule has 0 saturated carbocycles. The van der Waals surface area contributed by atoms with Gasteiger partial charge in [0.1, 0.15) is 0 Å². The molecule has 0 radical (unpaired) electrons. The van der Waals surface area contributed by atoms with Crippen LogP contribution in [0.3, 0.4) is 0 Å². The summed E-state index contributed by atoms with van der Waals surface area (Å²) in [7, 11) is 0. The lowest BCUT2D eigenvalue weighted by Gasteiger charge is -2.10. The minimum atomic E-state index is 0.450. The van der Waals surface area contributed by atoms with Gasteiger partial charge in [0, 0.05) is 17.2 Å². The molecule has 0 amide bonds. The van der Waals surface area contributed by atoms with Crippen LogP contribution in [0.4, 0.5) is 0 Å². The monoisotopic (exact) mass is 265 g/mol. The maximum atomic E-state index is 5.83. The van der Waals surface area contributed by atoms with Gasteiger partial charge >= 0.3 is 0 Å². The van der Waals surface area contributed by atoms with Gasteiger partial charge in [0.15, 0.2) is 0 Å². The molecule has 1 heterocycles. The second-order valence-electron chi connectivity index (χ2n) is 4.88. The van der Waals surface area contributed by atoms with Crippen LogP contribution in [0.25, 0.3) is 0 Å². The van der Waals surface area contributed by atoms with E-state index in [1.54, 1.807) is 0 Å². The van der Waals surface area contributed by atoms with Gasteiger partial charge in [0.2, 0.25) is 0 Å². The number of rotatable bonds is 6. The van der Waals surface area contributed by atoms with Crippen molar-refractivity contribution in [3.05, 3.63) is 29.8 Å². The molecule has 2 rings (SSSR count). The highest BCUT2D eigenvalue weighted by Gasteiger charge is 2.21. The number of ether oxygens (including phenoxy) is 1. The molecule has 18 heavy (non-hydrogen) atoms. The van der Waals surface area contributed by atoms with Gasteiger partial charge in [-0.15, -0.1) is 11.8 Å². The van der Waals surface area contributed by atoms with Gasteiger partial charge in [-0.1, -0.05) is 19.1 Å². The van der Waals surface area contributed by atoms with E-state index in [9.17, 15) is 0 Å². The zero-order valence-corrected chi connectivity index (χ0v) is 12.1. The van der Waals surface area contributed by atoms with Crippen LogP contribution in [-0.4, -0.2) is 24.5 Å². The highest BCUT2D eigenvalue weighted by atomic mass is 32.2. The fraction of sp³-hybridized carbons (Fsp3) is 0.600. The molecule has 1 saturated heterocycles. The van der Waals surface area contributed by atoms with Crippen LogP contribution >= 0.6 is 11.8 Å². The Morgan fingerprint density at radius 3 is 2.67 bits per heavy atom. The van der Waals surface area contributed by atoms with Crippen molar-refractivity contribution in [2.75, 3.05) is 12.3 Å². The standard InChI is InChI=1S/C15H23NOS/c1-3-16-10-13-5-8-15(9-6-13)18-11-14-7-4-12(2)17-14/h5-6,8-9,12,14,16H,3-4,7,10-11H2,1-2H3. The normalized spacial score (nSPS) is 23.4. The first-order valence-corrected chi connectivity index (χ1v) is 7.84.